The lowest BCUT2D eigenvalue weighted by Gasteiger charge is -2.08. The summed E-state index contributed by atoms with van der Waals surface area (Å²) in [6.07, 6.45) is 1.49. The Hall–Kier alpha value is -2.05. The van der Waals surface area contributed by atoms with Crippen molar-refractivity contribution in [3.05, 3.63) is 45.2 Å². The molecule has 1 aromatic heterocycles. The van der Waals surface area contributed by atoms with Gasteiger partial charge in [0.05, 0.1) is 17.5 Å². The lowest BCUT2D eigenvalue weighted by atomic mass is 10.2. The molecule has 0 aliphatic carbocycles. The Morgan fingerprint density at radius 3 is 2.77 bits per heavy atom. The molecule has 1 N–H and O–H groups in total. The van der Waals surface area contributed by atoms with Gasteiger partial charge in [-0.25, -0.2) is 5.43 Å². The van der Waals surface area contributed by atoms with Gasteiger partial charge in [-0.05, 0) is 43.5 Å². The van der Waals surface area contributed by atoms with Gasteiger partial charge in [0.25, 0.3) is 5.91 Å². The molecule has 0 saturated heterocycles. The second-order valence-corrected chi connectivity index (χ2v) is 7.15. The minimum atomic E-state index is -0.376. The summed E-state index contributed by atoms with van der Waals surface area (Å²) in [5.41, 5.74) is 4.71. The predicted octanol–water partition coefficient (Wildman–Crippen LogP) is 3.99. The van der Waals surface area contributed by atoms with Crippen LogP contribution in [0.1, 0.15) is 30.7 Å². The molecule has 8 heteroatoms. The standard InChI is InChI=1S/C18H22Cl2N4O2/c1-11(2)9-24-18(20)15(13(4)23-24)8-21-22-17(25)10-26-16-6-5-14(19)7-12(16)3/h5-8,11H,9-10H2,1-4H3,(H,22,25)/b21-8-. The molecule has 1 amide bonds. The molecule has 0 unspecified atom stereocenters. The molecular formula is C18H22Cl2N4O2. The number of carbonyl (C=O) groups is 1. The smallest absolute Gasteiger partial charge is 0.277 e. The van der Waals surface area contributed by atoms with Gasteiger partial charge < -0.3 is 4.74 Å². The van der Waals surface area contributed by atoms with Crippen LogP contribution in [0.3, 0.4) is 0 Å². The van der Waals surface area contributed by atoms with Gasteiger partial charge in [0.15, 0.2) is 6.61 Å². The summed E-state index contributed by atoms with van der Waals surface area (Å²) in [5.74, 6) is 0.645. The van der Waals surface area contributed by atoms with Crippen LogP contribution in [-0.2, 0) is 11.3 Å². The third-order valence-corrected chi connectivity index (χ3v) is 4.16. The Kier molecular flexibility index (Phi) is 7.06. The van der Waals surface area contributed by atoms with Gasteiger partial charge in [0, 0.05) is 11.6 Å². The molecule has 0 aliphatic heterocycles. The van der Waals surface area contributed by atoms with Crippen LogP contribution in [0.5, 0.6) is 5.75 Å². The fourth-order valence-electron chi connectivity index (χ4n) is 2.30. The van der Waals surface area contributed by atoms with Crippen molar-refractivity contribution in [2.45, 2.75) is 34.2 Å². The van der Waals surface area contributed by atoms with Crippen LogP contribution in [0.25, 0.3) is 0 Å². The molecule has 1 heterocycles. The van der Waals surface area contributed by atoms with E-state index in [0.29, 0.717) is 34.0 Å². The van der Waals surface area contributed by atoms with Crippen LogP contribution in [0.15, 0.2) is 23.3 Å². The number of carbonyl (C=O) groups excluding carboxylic acids is 1. The van der Waals surface area contributed by atoms with Crippen molar-refractivity contribution in [3.8, 4) is 5.75 Å². The van der Waals surface area contributed by atoms with Crippen LogP contribution in [-0.4, -0.2) is 28.5 Å². The van der Waals surface area contributed by atoms with E-state index >= 15 is 0 Å². The van der Waals surface area contributed by atoms with Crippen LogP contribution >= 0.6 is 23.2 Å². The van der Waals surface area contributed by atoms with Crippen molar-refractivity contribution in [1.29, 1.82) is 0 Å². The number of halogens is 2. The van der Waals surface area contributed by atoms with Crippen LogP contribution in [0, 0.1) is 19.8 Å². The lowest BCUT2D eigenvalue weighted by molar-refractivity contribution is -0.123. The molecule has 2 rings (SSSR count). The molecule has 140 valence electrons. The van der Waals surface area contributed by atoms with Gasteiger partial charge in [-0.2, -0.15) is 10.2 Å². The number of benzene rings is 1. The second kappa shape index (κ2) is 9.05. The molecule has 6 nitrogen and oxygen atoms in total. The Labute approximate surface area is 163 Å². The van der Waals surface area contributed by atoms with E-state index in [-0.39, 0.29) is 12.5 Å². The molecule has 0 saturated carbocycles. The number of aromatic nitrogens is 2. The third-order valence-electron chi connectivity index (χ3n) is 3.53. The molecule has 0 fully saturated rings. The molecule has 2 aromatic rings. The molecule has 0 bridgehead atoms. The van der Waals surface area contributed by atoms with Crippen molar-refractivity contribution >= 4 is 35.3 Å². The highest BCUT2D eigenvalue weighted by molar-refractivity contribution is 6.32. The molecule has 0 atom stereocenters. The number of amides is 1. The number of hydrazone groups is 1. The molecule has 0 radical (unpaired) electrons. The van der Waals surface area contributed by atoms with E-state index in [1.165, 1.54) is 6.21 Å². The van der Waals surface area contributed by atoms with E-state index < -0.39 is 0 Å². The summed E-state index contributed by atoms with van der Waals surface area (Å²) in [6, 6.07) is 5.20. The summed E-state index contributed by atoms with van der Waals surface area (Å²) in [4.78, 5) is 11.9. The molecule has 0 spiro atoms. The van der Waals surface area contributed by atoms with Gasteiger partial charge in [0.1, 0.15) is 10.9 Å². The average molecular weight is 397 g/mol. The van der Waals surface area contributed by atoms with Crippen molar-refractivity contribution in [1.82, 2.24) is 15.2 Å². The Morgan fingerprint density at radius 2 is 2.12 bits per heavy atom. The highest BCUT2D eigenvalue weighted by Gasteiger charge is 2.12. The van der Waals surface area contributed by atoms with Gasteiger partial charge >= 0.3 is 0 Å². The van der Waals surface area contributed by atoms with E-state index in [4.69, 9.17) is 27.9 Å². The van der Waals surface area contributed by atoms with E-state index in [9.17, 15) is 4.79 Å². The minimum absolute atomic E-state index is 0.154. The largest absolute Gasteiger partial charge is 0.483 e. The first-order valence-electron chi connectivity index (χ1n) is 8.21. The molecule has 0 aliphatic rings. The van der Waals surface area contributed by atoms with Crippen LogP contribution in [0.4, 0.5) is 0 Å². The van der Waals surface area contributed by atoms with E-state index in [2.05, 4.69) is 29.5 Å². The van der Waals surface area contributed by atoms with Crippen molar-refractivity contribution in [2.24, 2.45) is 11.0 Å². The predicted molar refractivity (Wildman–Crippen MR) is 104 cm³/mol. The van der Waals surface area contributed by atoms with Crippen molar-refractivity contribution < 1.29 is 9.53 Å². The Morgan fingerprint density at radius 1 is 1.38 bits per heavy atom. The summed E-state index contributed by atoms with van der Waals surface area (Å²) in [6.45, 7) is 8.44. The summed E-state index contributed by atoms with van der Waals surface area (Å²) >= 11 is 12.2. The SMILES string of the molecule is Cc1cc(Cl)ccc1OCC(=O)N/N=C\c1c(C)nn(CC(C)C)c1Cl. The summed E-state index contributed by atoms with van der Waals surface area (Å²) < 4.78 is 7.20. The first kappa shape index (κ1) is 20.3. The zero-order chi connectivity index (χ0) is 19.3. The highest BCUT2D eigenvalue weighted by Crippen LogP contribution is 2.21. The van der Waals surface area contributed by atoms with Crippen molar-refractivity contribution in [3.63, 3.8) is 0 Å². The number of hydrogen-bond donors (Lipinski definition) is 1. The minimum Gasteiger partial charge on any atom is -0.483 e. The fourth-order valence-corrected chi connectivity index (χ4v) is 2.82. The number of rotatable bonds is 7. The first-order valence-corrected chi connectivity index (χ1v) is 8.97. The fraction of sp³-hybridized carbons (Fsp3) is 0.389. The monoisotopic (exact) mass is 396 g/mol. The number of aryl methyl sites for hydroxylation is 2. The Bertz CT molecular complexity index is 816. The number of hydrogen-bond acceptors (Lipinski definition) is 4. The summed E-state index contributed by atoms with van der Waals surface area (Å²) in [7, 11) is 0. The van der Waals surface area contributed by atoms with Gasteiger partial charge in [-0.3, -0.25) is 9.48 Å². The quantitative estimate of drug-likeness (QED) is 0.567. The number of ether oxygens (including phenoxy) is 1. The topological polar surface area (TPSA) is 68.5 Å². The van der Waals surface area contributed by atoms with Gasteiger partial charge in [-0.15, -0.1) is 0 Å². The number of nitrogens with zero attached hydrogens (tertiary/aromatic N) is 3. The third kappa shape index (κ3) is 5.47. The zero-order valence-corrected chi connectivity index (χ0v) is 16.7. The van der Waals surface area contributed by atoms with Crippen molar-refractivity contribution in [2.75, 3.05) is 6.61 Å². The second-order valence-electron chi connectivity index (χ2n) is 6.36. The lowest BCUT2D eigenvalue weighted by Crippen LogP contribution is -2.24. The zero-order valence-electron chi connectivity index (χ0n) is 15.2. The maximum absolute atomic E-state index is 11.9. The highest BCUT2D eigenvalue weighted by atomic mass is 35.5. The normalized spacial score (nSPS) is 11.3. The van der Waals surface area contributed by atoms with E-state index in [1.807, 2.05) is 13.8 Å². The Balaban J connectivity index is 1.92. The van der Waals surface area contributed by atoms with Crippen LogP contribution in [0.2, 0.25) is 10.2 Å². The average Bonchev–Trinajstić information content (AvgIpc) is 2.80. The van der Waals surface area contributed by atoms with E-state index in [0.717, 1.165) is 11.3 Å². The van der Waals surface area contributed by atoms with Gasteiger partial charge in [0.2, 0.25) is 0 Å². The van der Waals surface area contributed by atoms with E-state index in [1.54, 1.807) is 22.9 Å². The first-order chi connectivity index (χ1) is 12.3. The maximum Gasteiger partial charge on any atom is 0.277 e. The molecular weight excluding hydrogens is 375 g/mol. The number of nitrogens with one attached hydrogen (secondary N) is 1. The molecule has 26 heavy (non-hydrogen) atoms. The maximum atomic E-state index is 11.9. The molecule has 1 aromatic carbocycles. The van der Waals surface area contributed by atoms with Gasteiger partial charge in [-0.1, -0.05) is 37.0 Å². The summed E-state index contributed by atoms with van der Waals surface area (Å²) in [5, 5.41) is 9.45. The van der Waals surface area contributed by atoms with Crippen LogP contribution < -0.4 is 10.2 Å².